The average Bonchev–Trinajstić information content (AvgIpc) is 2.95. The predicted molar refractivity (Wildman–Crippen MR) is 160 cm³/mol. The monoisotopic (exact) mass is 544 g/mol. The number of benzene rings is 3. The molecular weight excluding hydrogens is 508 g/mol. The molecule has 204 valence electrons. The standard InChI is InChI=1S/C33H36N2O3.ClH/c1-2-38-32(36)20-24-16-18-35(19-17-24)23-25-8-14-31(15-9-25)34-33(37)29-13-11-27-10-12-28(21-30(27)22-29)26-6-4-3-5-7-26;/h3-10,12,14-15,21-22,24H,2,11,13,16-20,23H2,1H3,(H,34,37);1H. The number of halogens is 1. The lowest BCUT2D eigenvalue weighted by Crippen LogP contribution is -2.34. The van der Waals surface area contributed by atoms with Gasteiger partial charge in [0.05, 0.1) is 6.61 Å². The van der Waals surface area contributed by atoms with Crippen molar-refractivity contribution in [1.82, 2.24) is 4.90 Å². The zero-order chi connectivity index (χ0) is 26.3. The number of fused-ring (bicyclic) bond motifs is 1. The van der Waals surface area contributed by atoms with E-state index in [1.54, 1.807) is 0 Å². The number of nitrogens with zero attached hydrogens (tertiary/aromatic N) is 1. The molecule has 3 aromatic rings. The summed E-state index contributed by atoms with van der Waals surface area (Å²) in [6.07, 6.45) is 6.25. The van der Waals surface area contributed by atoms with Crippen molar-refractivity contribution in [2.75, 3.05) is 25.0 Å². The van der Waals surface area contributed by atoms with E-state index in [0.29, 0.717) is 18.9 Å². The molecule has 1 heterocycles. The average molecular weight is 545 g/mol. The molecule has 1 amide bonds. The second-order valence-corrected chi connectivity index (χ2v) is 10.3. The third-order valence-electron chi connectivity index (χ3n) is 7.62. The lowest BCUT2D eigenvalue weighted by Gasteiger charge is -2.31. The Hall–Kier alpha value is -3.41. The summed E-state index contributed by atoms with van der Waals surface area (Å²) in [6.45, 7) is 5.17. The van der Waals surface area contributed by atoms with E-state index < -0.39 is 0 Å². The molecule has 1 N–H and O–H groups in total. The van der Waals surface area contributed by atoms with Crippen LogP contribution in [0, 0.1) is 5.92 Å². The highest BCUT2D eigenvalue weighted by atomic mass is 35.5. The van der Waals surface area contributed by atoms with Crippen LogP contribution < -0.4 is 5.32 Å². The Labute approximate surface area is 237 Å². The van der Waals surface area contributed by atoms with Crippen molar-refractivity contribution in [2.24, 2.45) is 5.92 Å². The first kappa shape index (κ1) is 28.6. The van der Waals surface area contributed by atoms with Crippen LogP contribution in [0.2, 0.25) is 0 Å². The van der Waals surface area contributed by atoms with Crippen molar-refractivity contribution in [3.05, 3.63) is 95.1 Å². The smallest absolute Gasteiger partial charge is 0.306 e. The lowest BCUT2D eigenvalue weighted by molar-refractivity contribution is -0.144. The van der Waals surface area contributed by atoms with E-state index in [9.17, 15) is 9.59 Å². The second-order valence-electron chi connectivity index (χ2n) is 10.3. The van der Waals surface area contributed by atoms with Crippen LogP contribution in [0.1, 0.15) is 49.3 Å². The quantitative estimate of drug-likeness (QED) is 0.313. The summed E-state index contributed by atoms with van der Waals surface area (Å²) in [4.78, 5) is 27.2. The maximum atomic E-state index is 13.1. The van der Waals surface area contributed by atoms with Gasteiger partial charge in [-0.2, -0.15) is 0 Å². The molecule has 0 atom stereocenters. The molecule has 0 saturated carbocycles. The van der Waals surface area contributed by atoms with Gasteiger partial charge < -0.3 is 10.1 Å². The molecule has 1 aliphatic heterocycles. The van der Waals surface area contributed by atoms with Gasteiger partial charge in [-0.05, 0) is 104 Å². The van der Waals surface area contributed by atoms with E-state index in [2.05, 4.69) is 52.7 Å². The van der Waals surface area contributed by atoms with E-state index in [-0.39, 0.29) is 24.3 Å². The predicted octanol–water partition coefficient (Wildman–Crippen LogP) is 6.91. The van der Waals surface area contributed by atoms with E-state index in [1.165, 1.54) is 22.3 Å². The minimum Gasteiger partial charge on any atom is -0.466 e. The number of esters is 1. The Bertz CT molecular complexity index is 1300. The van der Waals surface area contributed by atoms with Gasteiger partial charge in [-0.15, -0.1) is 12.4 Å². The molecule has 1 aliphatic carbocycles. The highest BCUT2D eigenvalue weighted by Crippen LogP contribution is 2.30. The number of amides is 1. The van der Waals surface area contributed by atoms with Gasteiger partial charge >= 0.3 is 5.97 Å². The Morgan fingerprint density at radius 3 is 2.38 bits per heavy atom. The van der Waals surface area contributed by atoms with Crippen molar-refractivity contribution < 1.29 is 14.3 Å². The number of aryl methyl sites for hydroxylation is 1. The van der Waals surface area contributed by atoms with Crippen LogP contribution in [-0.4, -0.2) is 36.5 Å². The van der Waals surface area contributed by atoms with Gasteiger partial charge in [0.2, 0.25) is 0 Å². The minimum absolute atomic E-state index is 0. The molecule has 39 heavy (non-hydrogen) atoms. The Balaban J connectivity index is 0.00000353. The molecule has 1 saturated heterocycles. The Morgan fingerprint density at radius 1 is 0.923 bits per heavy atom. The highest BCUT2D eigenvalue weighted by molar-refractivity contribution is 6.07. The van der Waals surface area contributed by atoms with Crippen LogP contribution in [0.4, 0.5) is 5.69 Å². The molecule has 0 aromatic heterocycles. The number of likely N-dealkylation sites (tertiary alicyclic amines) is 1. The van der Waals surface area contributed by atoms with E-state index in [0.717, 1.165) is 62.1 Å². The summed E-state index contributed by atoms with van der Waals surface area (Å²) >= 11 is 0. The van der Waals surface area contributed by atoms with Crippen molar-refractivity contribution in [2.45, 2.75) is 45.6 Å². The maximum absolute atomic E-state index is 13.1. The lowest BCUT2D eigenvalue weighted by atomic mass is 9.89. The Morgan fingerprint density at radius 2 is 1.67 bits per heavy atom. The summed E-state index contributed by atoms with van der Waals surface area (Å²) in [5.41, 5.74) is 7.63. The first-order valence-electron chi connectivity index (χ1n) is 13.7. The zero-order valence-electron chi connectivity index (χ0n) is 22.5. The van der Waals surface area contributed by atoms with E-state index >= 15 is 0 Å². The summed E-state index contributed by atoms with van der Waals surface area (Å²) in [6, 6.07) is 25.0. The molecular formula is C33H37ClN2O3. The van der Waals surface area contributed by atoms with Gasteiger partial charge in [0.1, 0.15) is 0 Å². The summed E-state index contributed by atoms with van der Waals surface area (Å²) in [5, 5.41) is 3.09. The van der Waals surface area contributed by atoms with E-state index in [4.69, 9.17) is 4.74 Å². The maximum Gasteiger partial charge on any atom is 0.306 e. The van der Waals surface area contributed by atoms with Gasteiger partial charge in [0.25, 0.3) is 5.91 Å². The first-order chi connectivity index (χ1) is 18.6. The number of carbonyl (C=O) groups is 2. The first-order valence-corrected chi connectivity index (χ1v) is 13.7. The van der Waals surface area contributed by atoms with Crippen LogP contribution in [0.15, 0.2) is 78.4 Å². The van der Waals surface area contributed by atoms with Crippen LogP contribution in [-0.2, 0) is 27.3 Å². The molecule has 3 aromatic carbocycles. The molecule has 0 bridgehead atoms. The second kappa shape index (κ2) is 13.6. The van der Waals surface area contributed by atoms with Crippen molar-refractivity contribution >= 4 is 36.0 Å². The van der Waals surface area contributed by atoms with Crippen LogP contribution in [0.25, 0.3) is 17.2 Å². The summed E-state index contributed by atoms with van der Waals surface area (Å²) in [5.74, 6) is 0.319. The third-order valence-corrected chi connectivity index (χ3v) is 7.62. The molecule has 0 spiro atoms. The normalized spacial score (nSPS) is 15.5. The summed E-state index contributed by atoms with van der Waals surface area (Å²) in [7, 11) is 0. The number of anilines is 1. The van der Waals surface area contributed by atoms with Gasteiger partial charge in [-0.25, -0.2) is 0 Å². The molecule has 2 aliphatic rings. The SMILES string of the molecule is CCOC(=O)CC1CCN(Cc2ccc(NC(=O)C3=Cc4cc(-c5ccccc5)ccc4CC3)cc2)CC1.Cl. The largest absolute Gasteiger partial charge is 0.466 e. The van der Waals surface area contributed by atoms with Crippen molar-refractivity contribution in [3.8, 4) is 11.1 Å². The van der Waals surface area contributed by atoms with Crippen LogP contribution in [0.5, 0.6) is 0 Å². The molecule has 0 unspecified atom stereocenters. The van der Waals surface area contributed by atoms with Crippen molar-refractivity contribution in [1.29, 1.82) is 0 Å². The number of nitrogens with one attached hydrogen (secondary N) is 1. The van der Waals surface area contributed by atoms with E-state index in [1.807, 2.05) is 43.3 Å². The fourth-order valence-corrected chi connectivity index (χ4v) is 5.44. The van der Waals surface area contributed by atoms with Crippen molar-refractivity contribution in [3.63, 3.8) is 0 Å². The van der Waals surface area contributed by atoms with Crippen LogP contribution >= 0.6 is 12.4 Å². The fourth-order valence-electron chi connectivity index (χ4n) is 5.44. The topological polar surface area (TPSA) is 58.6 Å². The molecule has 5 nitrogen and oxygen atoms in total. The number of ether oxygens (including phenoxy) is 1. The number of piperidine rings is 1. The minimum atomic E-state index is -0.0753. The van der Waals surface area contributed by atoms with Crippen LogP contribution in [0.3, 0.4) is 0 Å². The van der Waals surface area contributed by atoms with Gasteiger partial charge in [-0.3, -0.25) is 14.5 Å². The number of hydrogen-bond donors (Lipinski definition) is 1. The van der Waals surface area contributed by atoms with Gasteiger partial charge in [-0.1, -0.05) is 54.6 Å². The number of hydrogen-bond acceptors (Lipinski definition) is 4. The molecule has 5 rings (SSSR count). The molecule has 6 heteroatoms. The Kier molecular flexibility index (Phi) is 9.96. The molecule has 1 fully saturated rings. The van der Waals surface area contributed by atoms with Gasteiger partial charge in [0, 0.05) is 24.2 Å². The fraction of sp³-hybridized carbons (Fsp3) is 0.333. The van der Waals surface area contributed by atoms with Gasteiger partial charge in [0.15, 0.2) is 0 Å². The third kappa shape index (κ3) is 7.59. The number of carbonyl (C=O) groups excluding carboxylic acids is 2. The zero-order valence-corrected chi connectivity index (χ0v) is 23.3. The molecule has 0 radical (unpaired) electrons. The highest BCUT2D eigenvalue weighted by Gasteiger charge is 2.22. The number of rotatable bonds is 8. The summed E-state index contributed by atoms with van der Waals surface area (Å²) < 4.78 is 5.10.